The van der Waals surface area contributed by atoms with Crippen molar-refractivity contribution < 1.29 is 62.6 Å². The number of carbonyl (C=O) groups is 4. The molecule has 6 unspecified atom stereocenters. The van der Waals surface area contributed by atoms with Crippen molar-refractivity contribution in [1.29, 1.82) is 0 Å². The van der Waals surface area contributed by atoms with Crippen LogP contribution in [0.3, 0.4) is 0 Å². The minimum atomic E-state index is -4.91. The summed E-state index contributed by atoms with van der Waals surface area (Å²) in [5.41, 5.74) is -2.73. The fourth-order valence-electron chi connectivity index (χ4n) is 7.27. The van der Waals surface area contributed by atoms with Crippen molar-refractivity contribution in [3.63, 3.8) is 0 Å². The molecule has 0 aromatic heterocycles. The van der Waals surface area contributed by atoms with Crippen molar-refractivity contribution in [3.05, 3.63) is 0 Å². The van der Waals surface area contributed by atoms with E-state index in [9.17, 15) is 45.5 Å². The first-order valence-corrected chi connectivity index (χ1v) is 11.4. The predicted octanol–water partition coefficient (Wildman–Crippen LogP) is 5.52. The summed E-state index contributed by atoms with van der Waals surface area (Å²) < 4.78 is 75.1. The van der Waals surface area contributed by atoms with E-state index in [0.717, 1.165) is 0 Å². The Bertz CT molecular complexity index is 877. The summed E-state index contributed by atoms with van der Waals surface area (Å²) >= 11 is 0. The Balaban J connectivity index is 0.000000240. The van der Waals surface area contributed by atoms with E-state index in [1.807, 2.05) is 0 Å². The monoisotopic (exact) mass is 551 g/mol. The van der Waals surface area contributed by atoms with Crippen LogP contribution in [0.25, 0.3) is 0 Å². The summed E-state index contributed by atoms with van der Waals surface area (Å²) in [6.45, 7) is 10.5. The maximum Gasteiger partial charge on any atom is 0.450 e. The maximum absolute atomic E-state index is 12.5. The Hall–Kier alpha value is -1.22. The standard InChI is InChI=1S/2C12H15F3O2.Mn/c2*1-10(2)6-4-5-11(10,3)7(8(6)16)9(17)12(13,14)15;/h2*6-7H,4-5H2,1-3H3;. The Kier molecular flexibility index (Phi) is 7.20. The van der Waals surface area contributed by atoms with Gasteiger partial charge in [0.25, 0.3) is 0 Å². The molecule has 4 saturated carbocycles. The van der Waals surface area contributed by atoms with Gasteiger partial charge >= 0.3 is 12.4 Å². The van der Waals surface area contributed by atoms with Crippen LogP contribution in [0.5, 0.6) is 0 Å². The molecule has 6 atom stereocenters. The molecule has 1 radical (unpaired) electrons. The van der Waals surface area contributed by atoms with Crippen LogP contribution in [0.2, 0.25) is 0 Å². The molecule has 0 aliphatic heterocycles. The van der Waals surface area contributed by atoms with Gasteiger partial charge in [0.2, 0.25) is 11.6 Å². The van der Waals surface area contributed by atoms with E-state index >= 15 is 0 Å². The maximum atomic E-state index is 12.5. The van der Waals surface area contributed by atoms with Crippen LogP contribution >= 0.6 is 0 Å². The second-order valence-corrected chi connectivity index (χ2v) is 11.9. The van der Waals surface area contributed by atoms with Crippen LogP contribution in [0.1, 0.15) is 67.2 Å². The van der Waals surface area contributed by atoms with E-state index in [1.165, 1.54) is 0 Å². The molecule has 0 spiro atoms. The van der Waals surface area contributed by atoms with Crippen molar-refractivity contribution in [1.82, 2.24) is 0 Å². The molecule has 0 aromatic carbocycles. The van der Waals surface area contributed by atoms with Gasteiger partial charge < -0.3 is 0 Å². The van der Waals surface area contributed by atoms with E-state index in [0.29, 0.717) is 25.7 Å². The van der Waals surface area contributed by atoms with Crippen molar-refractivity contribution >= 4 is 23.1 Å². The normalized spacial score (nSPS) is 38.6. The van der Waals surface area contributed by atoms with Crippen molar-refractivity contribution in [3.8, 4) is 0 Å². The van der Waals surface area contributed by atoms with E-state index in [2.05, 4.69) is 0 Å². The van der Waals surface area contributed by atoms with Crippen LogP contribution in [0.15, 0.2) is 0 Å². The Morgan fingerprint density at radius 2 is 0.914 bits per heavy atom. The summed E-state index contributed by atoms with van der Waals surface area (Å²) in [5, 5.41) is 0. The SMILES string of the molecule is CC1(C)C2CCC1(C)C(C(=O)C(F)(F)F)C2=O.CC1(C)C2CCC1(C)C(C(=O)C(F)(F)F)C2=O.[Mn]. The zero-order valence-corrected chi connectivity index (χ0v) is 21.6. The van der Waals surface area contributed by atoms with Gasteiger partial charge in [0.1, 0.15) is 11.6 Å². The minimum absolute atomic E-state index is 0. The topological polar surface area (TPSA) is 68.3 Å². The number of halogens is 6. The Labute approximate surface area is 210 Å². The van der Waals surface area contributed by atoms with Crippen LogP contribution in [-0.4, -0.2) is 35.5 Å². The molecule has 4 aliphatic rings. The van der Waals surface area contributed by atoms with Gasteiger partial charge in [-0.3, -0.25) is 19.2 Å². The van der Waals surface area contributed by atoms with Gasteiger partial charge in [0.15, 0.2) is 0 Å². The molecule has 199 valence electrons. The van der Waals surface area contributed by atoms with Gasteiger partial charge in [0, 0.05) is 28.9 Å². The first-order valence-electron chi connectivity index (χ1n) is 11.4. The number of ketones is 4. The zero-order valence-electron chi connectivity index (χ0n) is 20.4. The van der Waals surface area contributed by atoms with Gasteiger partial charge in [-0.25, -0.2) is 0 Å². The molecule has 0 heterocycles. The molecule has 11 heteroatoms. The third-order valence-electron chi connectivity index (χ3n) is 10.2. The molecule has 35 heavy (non-hydrogen) atoms. The van der Waals surface area contributed by atoms with Crippen LogP contribution in [0, 0.1) is 45.3 Å². The van der Waals surface area contributed by atoms with Crippen molar-refractivity contribution in [2.24, 2.45) is 45.3 Å². The summed E-state index contributed by atoms with van der Waals surface area (Å²) in [6, 6.07) is 0. The Morgan fingerprint density at radius 1 is 0.657 bits per heavy atom. The molecule has 4 aliphatic carbocycles. The van der Waals surface area contributed by atoms with Crippen molar-refractivity contribution in [2.75, 3.05) is 0 Å². The molecule has 0 aromatic rings. The van der Waals surface area contributed by atoms with Crippen LogP contribution < -0.4 is 0 Å². The van der Waals surface area contributed by atoms with E-state index in [1.54, 1.807) is 41.5 Å². The number of rotatable bonds is 2. The largest absolute Gasteiger partial charge is 0.450 e. The average Bonchev–Trinajstić information content (AvgIpc) is 3.14. The summed E-state index contributed by atoms with van der Waals surface area (Å²) in [5.74, 6) is -8.52. The number of hydrogen-bond acceptors (Lipinski definition) is 4. The first kappa shape index (κ1) is 30.0. The molecular formula is C24H30F6MnO4. The molecule has 0 amide bonds. The molecule has 4 fully saturated rings. The van der Waals surface area contributed by atoms with Gasteiger partial charge in [0.05, 0.1) is 11.8 Å². The quantitative estimate of drug-likeness (QED) is 0.258. The molecule has 0 N–H and O–H groups in total. The zero-order chi connectivity index (χ0) is 26.4. The van der Waals surface area contributed by atoms with Gasteiger partial charge in [-0.05, 0) is 47.3 Å². The first-order chi connectivity index (χ1) is 15.1. The van der Waals surface area contributed by atoms with Crippen molar-refractivity contribution in [2.45, 2.75) is 79.6 Å². The van der Waals surface area contributed by atoms with E-state index in [4.69, 9.17) is 0 Å². The average molecular weight is 551 g/mol. The Morgan fingerprint density at radius 3 is 1.09 bits per heavy atom. The van der Waals surface area contributed by atoms with E-state index < -0.39 is 80.8 Å². The summed E-state index contributed by atoms with van der Waals surface area (Å²) in [7, 11) is 0. The van der Waals surface area contributed by atoms with Crippen LogP contribution in [-0.2, 0) is 36.2 Å². The third-order valence-corrected chi connectivity index (χ3v) is 10.2. The molecule has 0 saturated heterocycles. The second kappa shape index (κ2) is 8.40. The summed E-state index contributed by atoms with van der Waals surface area (Å²) in [4.78, 5) is 46.7. The second-order valence-electron chi connectivity index (χ2n) is 11.9. The van der Waals surface area contributed by atoms with Gasteiger partial charge in [-0.1, -0.05) is 41.5 Å². The minimum Gasteiger partial charge on any atom is -0.299 e. The molecule has 4 bridgehead atoms. The number of alkyl halides is 6. The van der Waals surface area contributed by atoms with Gasteiger partial charge in [-0.15, -0.1) is 0 Å². The van der Waals surface area contributed by atoms with Crippen LogP contribution in [0.4, 0.5) is 26.3 Å². The molecular weight excluding hydrogens is 521 g/mol. The number of Topliss-reactive ketones (excluding diaryl/α,β-unsaturated/α-hetero) is 4. The number of hydrogen-bond donors (Lipinski definition) is 0. The fourth-order valence-corrected chi connectivity index (χ4v) is 7.27. The third kappa shape index (κ3) is 3.94. The smallest absolute Gasteiger partial charge is 0.299 e. The molecule has 4 rings (SSSR count). The predicted molar refractivity (Wildman–Crippen MR) is 108 cm³/mol. The molecule has 4 nitrogen and oxygen atoms in total. The number of carbonyl (C=O) groups excluding carboxylic acids is 4. The fraction of sp³-hybridized carbons (Fsp3) is 0.833. The van der Waals surface area contributed by atoms with Gasteiger partial charge in [-0.2, -0.15) is 26.3 Å². The van der Waals surface area contributed by atoms with E-state index in [-0.39, 0.29) is 17.1 Å². The summed E-state index contributed by atoms with van der Waals surface area (Å²) in [6.07, 6.45) is -7.59. The number of fused-ring (bicyclic) bond motifs is 4.